The van der Waals surface area contributed by atoms with Gasteiger partial charge in [0.1, 0.15) is 0 Å². The molecule has 4 rings (SSSR count). The van der Waals surface area contributed by atoms with Gasteiger partial charge in [0.15, 0.2) is 0 Å². The Morgan fingerprint density at radius 2 is 1.44 bits per heavy atom. The fourth-order valence-electron chi connectivity index (χ4n) is 3.01. The zero-order valence-electron chi connectivity index (χ0n) is 13.7. The number of anilines is 1. The highest BCUT2D eigenvalue weighted by atomic mass is 32.2. The molecule has 4 heteroatoms. The number of hydrogen-bond acceptors (Lipinski definition) is 2. The minimum Gasteiger partial charge on any atom is -0.279 e. The van der Waals surface area contributed by atoms with Crippen molar-refractivity contribution in [1.29, 1.82) is 0 Å². The molecule has 0 atom stereocenters. The van der Waals surface area contributed by atoms with Crippen LogP contribution in [0.1, 0.15) is 5.56 Å². The van der Waals surface area contributed by atoms with Gasteiger partial charge in [0, 0.05) is 5.39 Å². The number of nitrogens with one attached hydrogen (secondary N) is 1. The lowest BCUT2D eigenvalue weighted by Crippen LogP contribution is -2.13. The van der Waals surface area contributed by atoms with Crippen LogP contribution in [-0.2, 0) is 10.0 Å². The van der Waals surface area contributed by atoms with E-state index in [2.05, 4.69) is 4.72 Å². The van der Waals surface area contributed by atoms with Crippen LogP contribution in [0.15, 0.2) is 83.8 Å². The molecule has 4 aromatic rings. The summed E-state index contributed by atoms with van der Waals surface area (Å²) in [6.45, 7) is 1.99. The third-order valence-electron chi connectivity index (χ3n) is 4.31. The van der Waals surface area contributed by atoms with Gasteiger partial charge in [0.25, 0.3) is 10.0 Å². The molecule has 25 heavy (non-hydrogen) atoms. The van der Waals surface area contributed by atoms with Gasteiger partial charge in [-0.05, 0) is 47.3 Å². The van der Waals surface area contributed by atoms with E-state index in [1.807, 2.05) is 67.6 Å². The van der Waals surface area contributed by atoms with E-state index in [4.69, 9.17) is 0 Å². The smallest absolute Gasteiger partial charge is 0.261 e. The molecule has 0 radical (unpaired) electrons. The molecule has 0 unspecified atom stereocenters. The molecule has 0 saturated heterocycles. The van der Waals surface area contributed by atoms with E-state index in [1.165, 1.54) is 0 Å². The highest BCUT2D eigenvalue weighted by Crippen LogP contribution is 2.27. The zero-order valence-corrected chi connectivity index (χ0v) is 14.5. The summed E-state index contributed by atoms with van der Waals surface area (Å²) in [6.07, 6.45) is 0. The van der Waals surface area contributed by atoms with Crippen LogP contribution in [0.4, 0.5) is 5.69 Å². The van der Waals surface area contributed by atoms with E-state index >= 15 is 0 Å². The Kier molecular flexibility index (Phi) is 3.70. The summed E-state index contributed by atoms with van der Waals surface area (Å²) in [5, 5.41) is 3.82. The summed E-state index contributed by atoms with van der Waals surface area (Å²) in [6, 6.07) is 24.5. The number of hydrogen-bond donors (Lipinski definition) is 1. The molecule has 0 aromatic heterocycles. The summed E-state index contributed by atoms with van der Waals surface area (Å²) >= 11 is 0. The molecule has 1 N–H and O–H groups in total. The van der Waals surface area contributed by atoms with Crippen molar-refractivity contribution in [2.45, 2.75) is 11.8 Å². The first-order chi connectivity index (χ1) is 12.0. The number of fused-ring (bicyclic) bond motifs is 2. The van der Waals surface area contributed by atoms with Crippen LogP contribution in [0.2, 0.25) is 0 Å². The van der Waals surface area contributed by atoms with Crippen molar-refractivity contribution in [3.8, 4) is 0 Å². The predicted octanol–water partition coefficient (Wildman–Crippen LogP) is 5.10. The molecule has 0 aliphatic heterocycles. The Morgan fingerprint density at radius 3 is 2.28 bits per heavy atom. The van der Waals surface area contributed by atoms with E-state index in [0.29, 0.717) is 5.69 Å². The fraction of sp³-hybridized carbons (Fsp3) is 0.0476. The van der Waals surface area contributed by atoms with E-state index in [-0.39, 0.29) is 4.90 Å². The Hall–Kier alpha value is -2.85. The normalized spacial score (nSPS) is 11.7. The topological polar surface area (TPSA) is 46.2 Å². The number of rotatable bonds is 3. The largest absolute Gasteiger partial charge is 0.279 e. The molecule has 4 aromatic carbocycles. The summed E-state index contributed by atoms with van der Waals surface area (Å²) < 4.78 is 28.5. The van der Waals surface area contributed by atoms with Crippen LogP contribution in [0.3, 0.4) is 0 Å². The molecule has 3 nitrogen and oxygen atoms in total. The Morgan fingerprint density at radius 1 is 0.720 bits per heavy atom. The van der Waals surface area contributed by atoms with Gasteiger partial charge in [0.05, 0.1) is 10.6 Å². The highest BCUT2D eigenvalue weighted by molar-refractivity contribution is 7.92. The van der Waals surface area contributed by atoms with Crippen molar-refractivity contribution < 1.29 is 8.42 Å². The lowest BCUT2D eigenvalue weighted by Gasteiger charge is -2.12. The third-order valence-corrected chi connectivity index (χ3v) is 5.68. The van der Waals surface area contributed by atoms with Crippen molar-refractivity contribution in [2.24, 2.45) is 0 Å². The Balaban J connectivity index is 1.79. The van der Waals surface area contributed by atoms with Crippen LogP contribution in [0, 0.1) is 6.92 Å². The molecule has 0 aliphatic carbocycles. The maximum atomic E-state index is 12.9. The standard InChI is InChI=1S/C21H17NO2S/c1-15-9-10-17-7-4-8-21(20(17)13-15)22-25(23,24)19-12-11-16-5-2-3-6-18(16)14-19/h2-14,22H,1H3. The highest BCUT2D eigenvalue weighted by Gasteiger charge is 2.16. The second-order valence-corrected chi connectivity index (χ2v) is 7.83. The Bertz CT molecular complexity index is 1200. The first-order valence-electron chi connectivity index (χ1n) is 8.04. The Labute approximate surface area is 147 Å². The van der Waals surface area contributed by atoms with Gasteiger partial charge in [-0.2, -0.15) is 0 Å². The maximum Gasteiger partial charge on any atom is 0.261 e. The van der Waals surface area contributed by atoms with Crippen molar-refractivity contribution in [3.63, 3.8) is 0 Å². The van der Waals surface area contributed by atoms with Crippen LogP contribution < -0.4 is 4.72 Å². The summed E-state index contributed by atoms with van der Waals surface area (Å²) in [5.41, 5.74) is 1.68. The van der Waals surface area contributed by atoms with Crippen LogP contribution in [0.5, 0.6) is 0 Å². The van der Waals surface area contributed by atoms with Gasteiger partial charge in [-0.25, -0.2) is 8.42 Å². The number of sulfonamides is 1. The molecule has 0 amide bonds. The first-order valence-corrected chi connectivity index (χ1v) is 9.52. The second-order valence-electron chi connectivity index (χ2n) is 6.14. The maximum absolute atomic E-state index is 12.9. The molecule has 0 heterocycles. The average molecular weight is 347 g/mol. The molecular weight excluding hydrogens is 330 g/mol. The first kappa shape index (κ1) is 15.7. The lowest BCUT2D eigenvalue weighted by atomic mass is 10.1. The van der Waals surface area contributed by atoms with Crippen LogP contribution in [0.25, 0.3) is 21.5 Å². The van der Waals surface area contributed by atoms with Crippen LogP contribution in [-0.4, -0.2) is 8.42 Å². The second kappa shape index (κ2) is 5.90. The fourth-order valence-corrected chi connectivity index (χ4v) is 4.13. The van der Waals surface area contributed by atoms with Crippen LogP contribution >= 0.6 is 0 Å². The number of aryl methyl sites for hydroxylation is 1. The summed E-state index contributed by atoms with van der Waals surface area (Å²) in [7, 11) is -3.66. The van der Waals surface area contributed by atoms with Crippen molar-refractivity contribution in [2.75, 3.05) is 4.72 Å². The lowest BCUT2D eigenvalue weighted by molar-refractivity contribution is 0.601. The molecular formula is C21H17NO2S. The van der Waals surface area contributed by atoms with E-state index in [1.54, 1.807) is 18.2 Å². The third kappa shape index (κ3) is 2.96. The summed E-state index contributed by atoms with van der Waals surface area (Å²) in [5.74, 6) is 0. The average Bonchev–Trinajstić information content (AvgIpc) is 2.61. The van der Waals surface area contributed by atoms with Gasteiger partial charge >= 0.3 is 0 Å². The molecule has 0 aliphatic rings. The van der Waals surface area contributed by atoms with Gasteiger partial charge in [-0.15, -0.1) is 0 Å². The van der Waals surface area contributed by atoms with Gasteiger partial charge in [-0.3, -0.25) is 4.72 Å². The van der Waals surface area contributed by atoms with Crippen molar-refractivity contribution in [1.82, 2.24) is 0 Å². The quantitative estimate of drug-likeness (QED) is 0.560. The number of benzene rings is 4. The van der Waals surface area contributed by atoms with E-state index in [9.17, 15) is 8.42 Å². The van der Waals surface area contributed by atoms with E-state index < -0.39 is 10.0 Å². The molecule has 0 saturated carbocycles. The van der Waals surface area contributed by atoms with E-state index in [0.717, 1.165) is 27.1 Å². The van der Waals surface area contributed by atoms with Crippen molar-refractivity contribution in [3.05, 3.63) is 84.4 Å². The SMILES string of the molecule is Cc1ccc2cccc(NS(=O)(=O)c3ccc4ccccc4c3)c2c1. The molecule has 0 spiro atoms. The predicted molar refractivity (Wildman–Crippen MR) is 103 cm³/mol. The van der Waals surface area contributed by atoms with Crippen molar-refractivity contribution >= 4 is 37.3 Å². The zero-order chi connectivity index (χ0) is 17.4. The van der Waals surface area contributed by atoms with Gasteiger partial charge in [-0.1, -0.05) is 60.2 Å². The van der Waals surface area contributed by atoms with Gasteiger partial charge < -0.3 is 0 Å². The molecule has 0 fully saturated rings. The molecule has 0 bridgehead atoms. The van der Waals surface area contributed by atoms with Gasteiger partial charge in [0.2, 0.25) is 0 Å². The molecule has 124 valence electrons. The summed E-state index contributed by atoms with van der Waals surface area (Å²) in [4.78, 5) is 0.260. The minimum absolute atomic E-state index is 0.260. The minimum atomic E-state index is -3.66. The monoisotopic (exact) mass is 347 g/mol.